The molecule has 0 unspecified atom stereocenters. The normalized spacial score (nSPS) is 10.3. The monoisotopic (exact) mass is 287 g/mol. The van der Waals surface area contributed by atoms with Crippen LogP contribution in [0.2, 0.25) is 0 Å². The summed E-state index contributed by atoms with van der Waals surface area (Å²) in [5.74, 6) is -0.827. The Morgan fingerprint density at radius 1 is 1.10 bits per heavy atom. The molecule has 0 aliphatic heterocycles. The van der Waals surface area contributed by atoms with Crippen LogP contribution in [0.5, 0.6) is 0 Å². The molecule has 1 aromatic carbocycles. The lowest BCUT2D eigenvalue weighted by Crippen LogP contribution is -2.24. The molecular formula is C16H17NO4. The van der Waals surface area contributed by atoms with Gasteiger partial charge in [-0.05, 0) is 24.5 Å². The minimum Gasteiger partial charge on any atom is -0.481 e. The van der Waals surface area contributed by atoms with Crippen LogP contribution in [-0.4, -0.2) is 23.5 Å². The molecule has 0 aliphatic carbocycles. The third-order valence-electron chi connectivity index (χ3n) is 3.06. The van der Waals surface area contributed by atoms with E-state index in [9.17, 15) is 9.59 Å². The number of carboxylic acids is 1. The van der Waals surface area contributed by atoms with Crippen molar-refractivity contribution in [2.45, 2.75) is 19.3 Å². The zero-order valence-electron chi connectivity index (χ0n) is 11.5. The Morgan fingerprint density at radius 3 is 2.57 bits per heavy atom. The van der Waals surface area contributed by atoms with Crippen molar-refractivity contribution in [3.05, 3.63) is 48.4 Å². The second-order valence-corrected chi connectivity index (χ2v) is 4.64. The molecule has 1 aromatic heterocycles. The Labute approximate surface area is 122 Å². The Hall–Kier alpha value is -2.56. The van der Waals surface area contributed by atoms with Crippen molar-refractivity contribution >= 4 is 11.9 Å². The molecule has 110 valence electrons. The van der Waals surface area contributed by atoms with E-state index < -0.39 is 5.97 Å². The molecule has 5 heteroatoms. The highest BCUT2D eigenvalue weighted by atomic mass is 16.4. The number of furan rings is 1. The molecule has 1 heterocycles. The highest BCUT2D eigenvalue weighted by Gasteiger charge is 2.15. The van der Waals surface area contributed by atoms with Gasteiger partial charge >= 0.3 is 5.97 Å². The van der Waals surface area contributed by atoms with Crippen molar-refractivity contribution in [2.24, 2.45) is 0 Å². The van der Waals surface area contributed by atoms with Gasteiger partial charge in [0, 0.05) is 18.5 Å². The van der Waals surface area contributed by atoms with Gasteiger partial charge in [-0.3, -0.25) is 9.59 Å². The van der Waals surface area contributed by atoms with E-state index >= 15 is 0 Å². The molecule has 5 nitrogen and oxygen atoms in total. The first-order chi connectivity index (χ1) is 10.2. The van der Waals surface area contributed by atoms with Gasteiger partial charge < -0.3 is 14.8 Å². The predicted octanol–water partition coefficient (Wildman–Crippen LogP) is 2.93. The number of amides is 1. The highest BCUT2D eigenvalue weighted by Crippen LogP contribution is 2.24. The fourth-order valence-electron chi connectivity index (χ4n) is 2.01. The molecule has 0 atom stereocenters. The number of rotatable bonds is 7. The van der Waals surface area contributed by atoms with Gasteiger partial charge in [-0.15, -0.1) is 0 Å². The molecule has 0 fully saturated rings. The Morgan fingerprint density at radius 2 is 1.86 bits per heavy atom. The van der Waals surface area contributed by atoms with Crippen molar-refractivity contribution in [2.75, 3.05) is 6.54 Å². The lowest BCUT2D eigenvalue weighted by Gasteiger charge is -2.05. The maximum absolute atomic E-state index is 12.1. The van der Waals surface area contributed by atoms with Crippen LogP contribution in [0.4, 0.5) is 0 Å². The zero-order valence-corrected chi connectivity index (χ0v) is 11.5. The highest BCUT2D eigenvalue weighted by molar-refractivity contribution is 5.98. The quantitative estimate of drug-likeness (QED) is 0.767. The van der Waals surface area contributed by atoms with Gasteiger partial charge in [0.05, 0.1) is 6.26 Å². The molecule has 0 bridgehead atoms. The number of carboxylic acid groups (broad SMARTS) is 1. The number of aliphatic carboxylic acids is 1. The minimum absolute atomic E-state index is 0.117. The van der Waals surface area contributed by atoms with E-state index in [1.807, 2.05) is 30.3 Å². The second kappa shape index (κ2) is 7.28. The van der Waals surface area contributed by atoms with Crippen LogP contribution in [0.3, 0.4) is 0 Å². The lowest BCUT2D eigenvalue weighted by molar-refractivity contribution is -0.137. The summed E-state index contributed by atoms with van der Waals surface area (Å²) in [5.41, 5.74) is 1.67. The van der Waals surface area contributed by atoms with Crippen LogP contribution in [0, 0.1) is 0 Å². The summed E-state index contributed by atoms with van der Waals surface area (Å²) in [6.07, 6.45) is 2.77. The number of benzene rings is 1. The van der Waals surface area contributed by atoms with Crippen molar-refractivity contribution in [3.8, 4) is 11.1 Å². The first-order valence-electron chi connectivity index (χ1n) is 6.81. The minimum atomic E-state index is -0.821. The van der Waals surface area contributed by atoms with E-state index in [0.717, 1.165) is 11.1 Å². The summed E-state index contributed by atoms with van der Waals surface area (Å²) in [6.45, 7) is 0.432. The molecule has 21 heavy (non-hydrogen) atoms. The zero-order chi connectivity index (χ0) is 15.1. The molecule has 0 saturated heterocycles. The molecule has 2 aromatic rings. The first-order valence-corrected chi connectivity index (χ1v) is 6.81. The summed E-state index contributed by atoms with van der Waals surface area (Å²) >= 11 is 0. The molecule has 0 saturated carbocycles. The number of hydrogen-bond donors (Lipinski definition) is 2. The number of carbonyl (C=O) groups excluding carboxylic acids is 1. The summed E-state index contributed by atoms with van der Waals surface area (Å²) in [4.78, 5) is 22.5. The second-order valence-electron chi connectivity index (χ2n) is 4.64. The van der Waals surface area contributed by atoms with Gasteiger partial charge in [-0.1, -0.05) is 30.3 Å². The SMILES string of the molecule is O=C(O)CCCCNC(=O)c1occc1-c1ccccc1. The number of carbonyl (C=O) groups is 2. The average Bonchev–Trinajstić information content (AvgIpc) is 2.97. The summed E-state index contributed by atoms with van der Waals surface area (Å²) in [7, 11) is 0. The third-order valence-corrected chi connectivity index (χ3v) is 3.06. The number of unbranched alkanes of at least 4 members (excludes halogenated alkanes) is 1. The van der Waals surface area contributed by atoms with Gasteiger partial charge in [-0.2, -0.15) is 0 Å². The largest absolute Gasteiger partial charge is 0.481 e. The Kier molecular flexibility index (Phi) is 5.15. The Bertz CT molecular complexity index is 604. The van der Waals surface area contributed by atoms with Gasteiger partial charge in [0.2, 0.25) is 0 Å². The van der Waals surface area contributed by atoms with E-state index in [4.69, 9.17) is 9.52 Å². The number of hydrogen-bond acceptors (Lipinski definition) is 3. The van der Waals surface area contributed by atoms with Gasteiger partial charge in [-0.25, -0.2) is 0 Å². The molecular weight excluding hydrogens is 270 g/mol. The maximum atomic E-state index is 12.1. The van der Waals surface area contributed by atoms with Crippen LogP contribution in [0.25, 0.3) is 11.1 Å². The molecule has 0 radical (unpaired) electrons. The topological polar surface area (TPSA) is 79.5 Å². The molecule has 1 amide bonds. The van der Waals surface area contributed by atoms with Crippen LogP contribution in [0.1, 0.15) is 29.8 Å². The fraction of sp³-hybridized carbons (Fsp3) is 0.250. The standard InChI is InChI=1S/C16H17NO4/c18-14(19)8-4-5-10-17-16(20)15-13(9-11-21-15)12-6-2-1-3-7-12/h1-3,6-7,9,11H,4-5,8,10H2,(H,17,20)(H,18,19). The molecule has 2 N–H and O–H groups in total. The summed E-state index contributed by atoms with van der Waals surface area (Å²) in [5, 5.41) is 11.3. The van der Waals surface area contributed by atoms with E-state index in [2.05, 4.69) is 5.32 Å². The van der Waals surface area contributed by atoms with Crippen molar-refractivity contribution in [1.82, 2.24) is 5.32 Å². The van der Waals surface area contributed by atoms with E-state index in [-0.39, 0.29) is 18.1 Å². The van der Waals surface area contributed by atoms with E-state index in [0.29, 0.717) is 19.4 Å². The molecule has 0 spiro atoms. The summed E-state index contributed by atoms with van der Waals surface area (Å²) in [6, 6.07) is 11.3. The lowest BCUT2D eigenvalue weighted by atomic mass is 10.1. The van der Waals surface area contributed by atoms with Crippen LogP contribution in [0.15, 0.2) is 47.1 Å². The number of nitrogens with one attached hydrogen (secondary N) is 1. The van der Waals surface area contributed by atoms with Crippen molar-refractivity contribution in [1.29, 1.82) is 0 Å². The third kappa shape index (κ3) is 4.21. The Balaban J connectivity index is 1.92. The smallest absolute Gasteiger partial charge is 0.303 e. The van der Waals surface area contributed by atoms with Crippen LogP contribution >= 0.6 is 0 Å². The van der Waals surface area contributed by atoms with Crippen molar-refractivity contribution < 1.29 is 19.1 Å². The summed E-state index contributed by atoms with van der Waals surface area (Å²) < 4.78 is 5.27. The first kappa shape index (κ1) is 14.8. The van der Waals surface area contributed by atoms with E-state index in [1.165, 1.54) is 6.26 Å². The van der Waals surface area contributed by atoms with Crippen LogP contribution in [-0.2, 0) is 4.79 Å². The van der Waals surface area contributed by atoms with Crippen molar-refractivity contribution in [3.63, 3.8) is 0 Å². The molecule has 2 rings (SSSR count). The molecule has 0 aliphatic rings. The van der Waals surface area contributed by atoms with E-state index in [1.54, 1.807) is 6.07 Å². The van der Waals surface area contributed by atoms with Gasteiger partial charge in [0.1, 0.15) is 0 Å². The predicted molar refractivity (Wildman–Crippen MR) is 78.0 cm³/mol. The van der Waals surface area contributed by atoms with Crippen LogP contribution < -0.4 is 5.32 Å². The van der Waals surface area contributed by atoms with Gasteiger partial charge in [0.25, 0.3) is 5.91 Å². The average molecular weight is 287 g/mol. The maximum Gasteiger partial charge on any atom is 0.303 e. The fourth-order valence-corrected chi connectivity index (χ4v) is 2.01. The van der Waals surface area contributed by atoms with Gasteiger partial charge in [0.15, 0.2) is 5.76 Å².